The largest absolute Gasteiger partial charge is 0.493 e. The minimum atomic E-state index is -0.0495. The van der Waals surface area contributed by atoms with Crippen LogP contribution in [0, 0.1) is 0 Å². The molecule has 8 heteroatoms. The summed E-state index contributed by atoms with van der Waals surface area (Å²) in [6, 6.07) is 5.46. The van der Waals surface area contributed by atoms with Gasteiger partial charge in [0.1, 0.15) is 0 Å². The second-order valence-corrected chi connectivity index (χ2v) is 9.78. The van der Waals surface area contributed by atoms with Gasteiger partial charge in [0, 0.05) is 30.5 Å². The lowest BCUT2D eigenvalue weighted by Gasteiger charge is -2.10. The van der Waals surface area contributed by atoms with E-state index in [0.29, 0.717) is 31.0 Å². The SMILES string of the molecule is COc1ccc(CC(=O)NCCCNC(=O)CCCCC2CCSS2)cc1OC. The summed E-state index contributed by atoms with van der Waals surface area (Å²) in [6.07, 6.45) is 6.20. The highest BCUT2D eigenvalue weighted by Crippen LogP contribution is 2.39. The van der Waals surface area contributed by atoms with Crippen LogP contribution in [0.5, 0.6) is 11.5 Å². The predicted octanol–water partition coefficient (Wildman–Crippen LogP) is 3.58. The molecule has 2 N–H and O–H groups in total. The van der Waals surface area contributed by atoms with Crippen molar-refractivity contribution in [3.05, 3.63) is 23.8 Å². The molecule has 1 aliphatic rings. The summed E-state index contributed by atoms with van der Waals surface area (Å²) in [4.78, 5) is 23.9. The van der Waals surface area contributed by atoms with Gasteiger partial charge in [-0.2, -0.15) is 0 Å². The van der Waals surface area contributed by atoms with E-state index in [-0.39, 0.29) is 18.2 Å². The second kappa shape index (κ2) is 13.6. The first-order valence-corrected chi connectivity index (χ1v) is 12.5. The van der Waals surface area contributed by atoms with Crippen molar-refractivity contribution in [2.45, 2.75) is 50.2 Å². The normalized spacial score (nSPS) is 15.7. The van der Waals surface area contributed by atoms with Crippen molar-refractivity contribution in [3.63, 3.8) is 0 Å². The van der Waals surface area contributed by atoms with Crippen LogP contribution in [-0.2, 0) is 16.0 Å². The van der Waals surface area contributed by atoms with E-state index in [2.05, 4.69) is 10.6 Å². The number of hydrogen-bond donors (Lipinski definition) is 2. The summed E-state index contributed by atoms with van der Waals surface area (Å²) in [5.41, 5.74) is 0.864. The number of amides is 2. The maximum atomic E-state index is 12.1. The Kier molecular flexibility index (Phi) is 11.2. The summed E-state index contributed by atoms with van der Waals surface area (Å²) in [5.74, 6) is 2.58. The van der Waals surface area contributed by atoms with E-state index in [4.69, 9.17) is 9.47 Å². The highest BCUT2D eigenvalue weighted by molar-refractivity contribution is 8.77. The van der Waals surface area contributed by atoms with E-state index < -0.39 is 0 Å². The van der Waals surface area contributed by atoms with E-state index >= 15 is 0 Å². The fourth-order valence-corrected chi connectivity index (χ4v) is 6.12. The molecular formula is C21H32N2O4S2. The lowest BCUT2D eigenvalue weighted by Crippen LogP contribution is -2.30. The van der Waals surface area contributed by atoms with Crippen LogP contribution >= 0.6 is 21.6 Å². The Balaban J connectivity index is 1.51. The molecule has 1 aliphatic heterocycles. The molecule has 0 spiro atoms. The molecule has 2 rings (SSSR count). The van der Waals surface area contributed by atoms with Crippen molar-refractivity contribution in [1.82, 2.24) is 10.6 Å². The van der Waals surface area contributed by atoms with Crippen LogP contribution in [0.25, 0.3) is 0 Å². The zero-order chi connectivity index (χ0) is 20.9. The molecule has 1 atom stereocenters. The van der Waals surface area contributed by atoms with Crippen LogP contribution in [0.3, 0.4) is 0 Å². The highest BCUT2D eigenvalue weighted by atomic mass is 33.1. The van der Waals surface area contributed by atoms with Crippen molar-refractivity contribution < 1.29 is 19.1 Å². The second-order valence-electron chi connectivity index (χ2n) is 6.99. The van der Waals surface area contributed by atoms with Crippen molar-refractivity contribution in [2.24, 2.45) is 0 Å². The smallest absolute Gasteiger partial charge is 0.224 e. The van der Waals surface area contributed by atoms with Crippen LogP contribution < -0.4 is 20.1 Å². The number of methoxy groups -OCH3 is 2. The molecule has 1 aromatic rings. The summed E-state index contributed by atoms with van der Waals surface area (Å²) in [5, 5.41) is 6.60. The van der Waals surface area contributed by atoms with Gasteiger partial charge < -0.3 is 20.1 Å². The summed E-state index contributed by atoms with van der Waals surface area (Å²) in [6.45, 7) is 1.13. The fourth-order valence-electron chi connectivity index (χ4n) is 3.09. The molecule has 1 unspecified atom stereocenters. The zero-order valence-electron chi connectivity index (χ0n) is 17.3. The Labute approximate surface area is 181 Å². The van der Waals surface area contributed by atoms with Crippen molar-refractivity contribution in [2.75, 3.05) is 33.1 Å². The molecule has 0 bridgehead atoms. The van der Waals surface area contributed by atoms with Gasteiger partial charge in [-0.05, 0) is 43.4 Å². The molecule has 0 radical (unpaired) electrons. The number of unbranched alkanes of at least 4 members (excludes halogenated alkanes) is 1. The van der Waals surface area contributed by atoms with Gasteiger partial charge in [-0.15, -0.1) is 0 Å². The Morgan fingerprint density at radius 1 is 1.03 bits per heavy atom. The molecule has 0 aliphatic carbocycles. The molecule has 2 amide bonds. The first kappa shape index (κ1) is 23.7. The third-order valence-electron chi connectivity index (χ3n) is 4.72. The van der Waals surface area contributed by atoms with Gasteiger partial charge in [0.05, 0.1) is 20.6 Å². The number of hydrogen-bond acceptors (Lipinski definition) is 6. The van der Waals surface area contributed by atoms with Gasteiger partial charge in [0.25, 0.3) is 0 Å². The maximum absolute atomic E-state index is 12.1. The minimum absolute atomic E-state index is 0.0495. The third-order valence-corrected chi connectivity index (χ3v) is 7.72. The van der Waals surface area contributed by atoms with E-state index in [0.717, 1.165) is 30.1 Å². The molecule has 6 nitrogen and oxygen atoms in total. The molecule has 1 fully saturated rings. The maximum Gasteiger partial charge on any atom is 0.224 e. The van der Waals surface area contributed by atoms with Gasteiger partial charge in [0.2, 0.25) is 11.8 Å². The zero-order valence-corrected chi connectivity index (χ0v) is 19.0. The lowest BCUT2D eigenvalue weighted by atomic mass is 10.1. The number of carbonyl (C=O) groups is 2. The molecular weight excluding hydrogens is 408 g/mol. The molecule has 0 aromatic heterocycles. The number of benzene rings is 1. The topological polar surface area (TPSA) is 76.7 Å². The van der Waals surface area contributed by atoms with Crippen LogP contribution in [0.4, 0.5) is 0 Å². The molecule has 1 aromatic carbocycles. The van der Waals surface area contributed by atoms with Crippen LogP contribution in [0.2, 0.25) is 0 Å². The van der Waals surface area contributed by atoms with E-state index in [1.165, 1.54) is 18.6 Å². The Hall–Kier alpha value is -1.54. The molecule has 162 valence electrons. The monoisotopic (exact) mass is 440 g/mol. The van der Waals surface area contributed by atoms with Crippen molar-refractivity contribution >= 4 is 33.4 Å². The lowest BCUT2D eigenvalue weighted by molar-refractivity contribution is -0.121. The number of nitrogens with one attached hydrogen (secondary N) is 2. The number of carbonyl (C=O) groups excluding carboxylic acids is 2. The third kappa shape index (κ3) is 9.21. The standard InChI is InChI=1S/C21H32N2O4S2/c1-26-18-9-8-16(14-19(18)27-2)15-21(25)23-12-5-11-22-20(24)7-4-3-6-17-10-13-28-29-17/h8-9,14,17H,3-7,10-13,15H2,1-2H3,(H,22,24)(H,23,25). The van der Waals surface area contributed by atoms with Crippen LogP contribution in [0.1, 0.15) is 44.1 Å². The molecule has 1 saturated heterocycles. The predicted molar refractivity (Wildman–Crippen MR) is 121 cm³/mol. The summed E-state index contributed by atoms with van der Waals surface area (Å²) >= 11 is 0. The van der Waals surface area contributed by atoms with E-state index in [1.807, 2.05) is 33.7 Å². The molecule has 0 saturated carbocycles. The number of ether oxygens (including phenoxy) is 2. The average Bonchev–Trinajstić information content (AvgIpc) is 3.24. The molecule has 1 heterocycles. The Bertz CT molecular complexity index is 652. The molecule has 29 heavy (non-hydrogen) atoms. The number of rotatable bonds is 13. The van der Waals surface area contributed by atoms with Crippen LogP contribution in [-0.4, -0.2) is 50.1 Å². The Morgan fingerprint density at radius 2 is 1.79 bits per heavy atom. The summed E-state index contributed by atoms with van der Waals surface area (Å²) < 4.78 is 10.5. The van der Waals surface area contributed by atoms with Gasteiger partial charge >= 0.3 is 0 Å². The van der Waals surface area contributed by atoms with E-state index in [1.54, 1.807) is 20.3 Å². The quantitative estimate of drug-likeness (QED) is 0.361. The van der Waals surface area contributed by atoms with Gasteiger partial charge in [-0.3, -0.25) is 9.59 Å². The minimum Gasteiger partial charge on any atom is -0.493 e. The first-order valence-electron chi connectivity index (χ1n) is 10.1. The average molecular weight is 441 g/mol. The fraction of sp³-hybridized carbons (Fsp3) is 0.619. The van der Waals surface area contributed by atoms with E-state index in [9.17, 15) is 9.59 Å². The van der Waals surface area contributed by atoms with Gasteiger partial charge in [-0.25, -0.2) is 0 Å². The van der Waals surface area contributed by atoms with Gasteiger partial charge in [0.15, 0.2) is 11.5 Å². The van der Waals surface area contributed by atoms with Crippen LogP contribution in [0.15, 0.2) is 18.2 Å². The highest BCUT2D eigenvalue weighted by Gasteiger charge is 2.15. The van der Waals surface area contributed by atoms with Gasteiger partial charge in [-0.1, -0.05) is 34.1 Å². The van der Waals surface area contributed by atoms with Crippen molar-refractivity contribution in [1.29, 1.82) is 0 Å². The summed E-state index contributed by atoms with van der Waals surface area (Å²) in [7, 11) is 7.12. The van der Waals surface area contributed by atoms with Crippen molar-refractivity contribution in [3.8, 4) is 11.5 Å². The first-order chi connectivity index (χ1) is 14.1. The Morgan fingerprint density at radius 3 is 2.48 bits per heavy atom.